The van der Waals surface area contributed by atoms with Gasteiger partial charge in [0.25, 0.3) is 5.91 Å². The van der Waals surface area contributed by atoms with E-state index in [4.69, 9.17) is 27.9 Å². The third-order valence-corrected chi connectivity index (χ3v) is 8.60. The topological polar surface area (TPSA) is 50.7 Å². The maximum absolute atomic E-state index is 12.6. The van der Waals surface area contributed by atoms with Crippen LogP contribution >= 0.6 is 50.9 Å². The van der Waals surface area contributed by atoms with Gasteiger partial charge in [-0.3, -0.25) is 4.79 Å². The number of hydrogen-bond donors (Lipinski definition) is 1. The predicted molar refractivity (Wildman–Crippen MR) is 159 cm³/mol. The van der Waals surface area contributed by atoms with Gasteiger partial charge in [0.15, 0.2) is 10.9 Å². The molecular weight excluding hydrogens is 591 g/mol. The van der Waals surface area contributed by atoms with E-state index in [9.17, 15) is 4.79 Å². The molecule has 1 amide bonds. The first-order valence-corrected chi connectivity index (χ1v) is 13.8. The van der Waals surface area contributed by atoms with E-state index in [2.05, 4.69) is 44.4 Å². The molecule has 0 saturated carbocycles. The minimum atomic E-state index is -0.224. The van der Waals surface area contributed by atoms with Crippen LogP contribution in [0.25, 0.3) is 16.8 Å². The van der Waals surface area contributed by atoms with E-state index in [-0.39, 0.29) is 5.91 Å². The number of nitrogens with one attached hydrogen (secondary N) is 1. The number of fused-ring (bicyclic) bond motifs is 1. The Morgan fingerprint density at radius 3 is 2.41 bits per heavy atom. The van der Waals surface area contributed by atoms with Gasteiger partial charge in [-0.15, -0.1) is 0 Å². The molecule has 0 bridgehead atoms. The second-order valence-electron chi connectivity index (χ2n) is 8.62. The molecular formula is C29H21BrCl2N2O2S. The van der Waals surface area contributed by atoms with Crippen LogP contribution in [0.15, 0.2) is 81.1 Å². The van der Waals surface area contributed by atoms with Crippen molar-refractivity contribution in [3.63, 3.8) is 0 Å². The molecule has 4 nitrogen and oxygen atoms in total. The number of rotatable bonds is 5. The van der Waals surface area contributed by atoms with Crippen LogP contribution in [0.3, 0.4) is 0 Å². The second-order valence-corrected chi connectivity index (χ2v) is 11.3. The van der Waals surface area contributed by atoms with Crippen LogP contribution in [0.2, 0.25) is 10.0 Å². The molecule has 0 aromatic heterocycles. The number of benzene rings is 4. The molecule has 1 aliphatic heterocycles. The number of carbonyl (C=O) groups is 1. The van der Waals surface area contributed by atoms with Gasteiger partial charge in [-0.25, -0.2) is 4.99 Å². The molecule has 0 atom stereocenters. The molecule has 4 aromatic rings. The van der Waals surface area contributed by atoms with Crippen LogP contribution in [-0.2, 0) is 11.4 Å². The zero-order chi connectivity index (χ0) is 26.1. The lowest BCUT2D eigenvalue weighted by Gasteiger charge is -2.12. The molecule has 0 aliphatic carbocycles. The maximum atomic E-state index is 12.6. The first-order valence-electron chi connectivity index (χ1n) is 11.4. The fraction of sp³-hybridized carbons (Fsp3) is 0.103. The second kappa shape index (κ2) is 10.9. The van der Waals surface area contributed by atoms with E-state index < -0.39 is 0 Å². The van der Waals surface area contributed by atoms with Gasteiger partial charge < -0.3 is 10.1 Å². The summed E-state index contributed by atoms with van der Waals surface area (Å²) in [6.45, 7) is 4.35. The number of halogens is 3. The highest BCUT2D eigenvalue weighted by Gasteiger charge is 2.24. The molecule has 0 radical (unpaired) electrons. The summed E-state index contributed by atoms with van der Waals surface area (Å²) in [6.07, 6.45) is 1.74. The molecule has 1 fully saturated rings. The van der Waals surface area contributed by atoms with Gasteiger partial charge in [-0.05, 0) is 89.0 Å². The van der Waals surface area contributed by atoms with Gasteiger partial charge in [0.2, 0.25) is 0 Å². The Morgan fingerprint density at radius 2 is 1.68 bits per heavy atom. The predicted octanol–water partition coefficient (Wildman–Crippen LogP) is 9.00. The summed E-state index contributed by atoms with van der Waals surface area (Å²) < 4.78 is 7.08. The average molecular weight is 612 g/mol. The van der Waals surface area contributed by atoms with Crippen LogP contribution < -0.4 is 10.1 Å². The summed E-state index contributed by atoms with van der Waals surface area (Å²) in [5, 5.41) is 6.35. The fourth-order valence-corrected chi connectivity index (χ4v) is 5.79. The Hall–Kier alpha value is -2.77. The summed E-state index contributed by atoms with van der Waals surface area (Å²) in [4.78, 5) is 17.7. The lowest BCUT2D eigenvalue weighted by Crippen LogP contribution is -2.19. The van der Waals surface area contributed by atoms with Gasteiger partial charge in [0.1, 0.15) is 6.61 Å². The monoisotopic (exact) mass is 610 g/mol. The van der Waals surface area contributed by atoms with Gasteiger partial charge in [0, 0.05) is 4.47 Å². The van der Waals surface area contributed by atoms with E-state index in [0.717, 1.165) is 37.6 Å². The van der Waals surface area contributed by atoms with Crippen LogP contribution in [0.4, 0.5) is 5.69 Å². The Kier molecular flexibility index (Phi) is 7.63. The highest BCUT2D eigenvalue weighted by atomic mass is 79.9. The minimum Gasteiger partial charge on any atom is -0.486 e. The molecule has 1 heterocycles. The highest BCUT2D eigenvalue weighted by Crippen LogP contribution is 2.37. The van der Waals surface area contributed by atoms with E-state index in [1.165, 1.54) is 11.8 Å². The SMILES string of the molecule is Cc1cc(N=C2NC(=O)/C(=C/c3cc(Cl)c(OCc4cccc5ccccc45)c(Cl)c3)S2)cc(C)c1Br. The number of ether oxygens (including phenoxy) is 1. The Morgan fingerprint density at radius 1 is 1.00 bits per heavy atom. The molecule has 1 saturated heterocycles. The largest absolute Gasteiger partial charge is 0.486 e. The van der Waals surface area contributed by atoms with Crippen molar-refractivity contribution in [2.45, 2.75) is 20.5 Å². The standard InChI is InChI=1S/C29H21BrCl2N2O2S/c1-16-10-21(11-17(2)26(16)30)33-29-34-28(35)25(37-29)14-18-12-23(31)27(24(32)13-18)36-15-20-8-5-7-19-6-3-4-9-22(19)20/h3-14H,15H2,1-2H3,(H,33,34,35)/b25-14-. The van der Waals surface area contributed by atoms with Crippen LogP contribution in [-0.4, -0.2) is 11.1 Å². The van der Waals surface area contributed by atoms with Gasteiger partial charge in [-0.1, -0.05) is 81.6 Å². The Bertz CT molecular complexity index is 1570. The highest BCUT2D eigenvalue weighted by molar-refractivity contribution is 9.10. The summed E-state index contributed by atoms with van der Waals surface area (Å²) >= 11 is 17.9. The lowest BCUT2D eigenvalue weighted by atomic mass is 10.1. The van der Waals surface area contributed by atoms with Crippen LogP contribution in [0, 0.1) is 13.8 Å². The molecule has 37 heavy (non-hydrogen) atoms. The van der Waals surface area contributed by atoms with E-state index in [1.54, 1.807) is 18.2 Å². The zero-order valence-corrected chi connectivity index (χ0v) is 23.9. The lowest BCUT2D eigenvalue weighted by molar-refractivity contribution is -0.115. The van der Waals surface area contributed by atoms with Crippen molar-refractivity contribution in [3.8, 4) is 5.75 Å². The van der Waals surface area contributed by atoms with Crippen molar-refractivity contribution in [3.05, 3.63) is 108 Å². The first kappa shape index (κ1) is 25.9. The number of nitrogens with zero attached hydrogens (tertiary/aromatic N) is 1. The van der Waals surface area contributed by atoms with Crippen LogP contribution in [0.5, 0.6) is 5.75 Å². The molecule has 1 aliphatic rings. The first-order chi connectivity index (χ1) is 17.8. The number of thioether (sulfide) groups is 1. The molecule has 5 rings (SSSR count). The Balaban J connectivity index is 1.34. The molecule has 1 N–H and O–H groups in total. The summed E-state index contributed by atoms with van der Waals surface area (Å²) in [7, 11) is 0. The number of aryl methyl sites for hydroxylation is 2. The van der Waals surface area contributed by atoms with E-state index in [0.29, 0.717) is 38.0 Å². The van der Waals surface area contributed by atoms with Crippen LogP contribution in [0.1, 0.15) is 22.3 Å². The van der Waals surface area contributed by atoms with Gasteiger partial charge in [-0.2, -0.15) is 0 Å². The van der Waals surface area contributed by atoms with E-state index in [1.807, 2.05) is 50.2 Å². The Labute approximate surface area is 237 Å². The van der Waals surface area contributed by atoms with Crippen molar-refractivity contribution >= 4 is 84.5 Å². The smallest absolute Gasteiger partial charge is 0.264 e. The summed E-state index contributed by atoms with van der Waals surface area (Å²) in [5.41, 5.74) is 4.68. The normalized spacial score (nSPS) is 15.5. The van der Waals surface area contributed by atoms with Gasteiger partial charge >= 0.3 is 0 Å². The number of aliphatic imine (C=N–C) groups is 1. The molecule has 0 spiro atoms. The summed E-state index contributed by atoms with van der Waals surface area (Å²) in [5.74, 6) is 0.183. The third-order valence-electron chi connectivity index (χ3n) is 5.87. The van der Waals surface area contributed by atoms with E-state index >= 15 is 0 Å². The molecule has 8 heteroatoms. The maximum Gasteiger partial charge on any atom is 0.264 e. The van der Waals surface area contributed by atoms with Crippen molar-refractivity contribution in [2.75, 3.05) is 0 Å². The molecule has 0 unspecified atom stereocenters. The van der Waals surface area contributed by atoms with Crippen molar-refractivity contribution in [2.24, 2.45) is 4.99 Å². The molecule has 4 aromatic carbocycles. The van der Waals surface area contributed by atoms with Crippen molar-refractivity contribution in [1.29, 1.82) is 0 Å². The number of hydrogen-bond acceptors (Lipinski definition) is 4. The van der Waals surface area contributed by atoms with Gasteiger partial charge in [0.05, 0.1) is 20.6 Å². The number of amides is 1. The zero-order valence-electron chi connectivity index (χ0n) is 19.9. The third kappa shape index (κ3) is 5.73. The average Bonchev–Trinajstić information content (AvgIpc) is 3.20. The fourth-order valence-electron chi connectivity index (χ4n) is 4.11. The number of carbonyl (C=O) groups excluding carboxylic acids is 1. The minimum absolute atomic E-state index is 0.224. The summed E-state index contributed by atoms with van der Waals surface area (Å²) in [6, 6.07) is 21.6. The quantitative estimate of drug-likeness (QED) is 0.229. The van der Waals surface area contributed by atoms with Crippen molar-refractivity contribution < 1.29 is 9.53 Å². The number of amidine groups is 1. The van der Waals surface area contributed by atoms with Crippen molar-refractivity contribution in [1.82, 2.24) is 5.32 Å². The molecule has 186 valence electrons.